The Morgan fingerprint density at radius 1 is 1.35 bits per heavy atom. The van der Waals surface area contributed by atoms with Crippen LogP contribution in [0, 0.1) is 6.92 Å². The van der Waals surface area contributed by atoms with Crippen LogP contribution in [0.25, 0.3) is 17.5 Å². The Bertz CT molecular complexity index is 786. The van der Waals surface area contributed by atoms with Gasteiger partial charge in [-0.2, -0.15) is 9.97 Å². The van der Waals surface area contributed by atoms with Crippen LogP contribution in [0.4, 0.5) is 0 Å². The van der Waals surface area contributed by atoms with Gasteiger partial charge >= 0.3 is 0 Å². The summed E-state index contributed by atoms with van der Waals surface area (Å²) in [6.45, 7) is 1.93. The van der Waals surface area contributed by atoms with Crippen molar-refractivity contribution in [1.82, 2.24) is 29.7 Å². The molecule has 4 rings (SSSR count). The van der Waals surface area contributed by atoms with Gasteiger partial charge in [-0.25, -0.2) is 9.50 Å². The topological polar surface area (TPSA) is 108 Å². The van der Waals surface area contributed by atoms with Crippen molar-refractivity contribution in [3.63, 3.8) is 0 Å². The Hall–Kier alpha value is -2.35. The van der Waals surface area contributed by atoms with Crippen LogP contribution < -0.4 is 5.73 Å². The number of fused-ring (bicyclic) bond motifs is 1. The molecule has 1 saturated carbocycles. The molecule has 8 nitrogen and oxygen atoms in total. The summed E-state index contributed by atoms with van der Waals surface area (Å²) in [7, 11) is 0. The van der Waals surface area contributed by atoms with Gasteiger partial charge in [-0.1, -0.05) is 5.16 Å². The Morgan fingerprint density at radius 2 is 2.20 bits per heavy atom. The minimum atomic E-state index is -0.449. The molecule has 0 amide bonds. The Kier molecular flexibility index (Phi) is 2.19. The molecule has 20 heavy (non-hydrogen) atoms. The largest absolute Gasteiger partial charge is 0.330 e. The van der Waals surface area contributed by atoms with Crippen molar-refractivity contribution in [3.05, 3.63) is 23.8 Å². The fourth-order valence-electron chi connectivity index (χ4n) is 2.29. The van der Waals surface area contributed by atoms with E-state index in [0.29, 0.717) is 17.4 Å². The summed E-state index contributed by atoms with van der Waals surface area (Å²) < 4.78 is 6.87. The summed E-state index contributed by atoms with van der Waals surface area (Å²) in [5.74, 6) is 1.68. The van der Waals surface area contributed by atoms with Crippen molar-refractivity contribution in [1.29, 1.82) is 0 Å². The highest BCUT2D eigenvalue weighted by molar-refractivity contribution is 5.45. The minimum absolute atomic E-state index is 0.279. The van der Waals surface area contributed by atoms with Gasteiger partial charge < -0.3 is 10.3 Å². The lowest BCUT2D eigenvalue weighted by atomic mass is 9.77. The average Bonchev–Trinajstić information content (AvgIpc) is 3.02. The molecule has 3 aromatic rings. The van der Waals surface area contributed by atoms with Crippen molar-refractivity contribution in [3.8, 4) is 11.7 Å². The van der Waals surface area contributed by atoms with Crippen molar-refractivity contribution < 1.29 is 4.52 Å². The third kappa shape index (κ3) is 1.54. The first-order valence-electron chi connectivity index (χ1n) is 6.48. The number of nitrogens with zero attached hydrogens (tertiary/aromatic N) is 6. The molecule has 0 aliphatic heterocycles. The third-order valence-electron chi connectivity index (χ3n) is 3.74. The van der Waals surface area contributed by atoms with Crippen LogP contribution in [0.15, 0.2) is 16.8 Å². The van der Waals surface area contributed by atoms with Gasteiger partial charge in [0.2, 0.25) is 5.82 Å². The second-order valence-corrected chi connectivity index (χ2v) is 5.17. The first kappa shape index (κ1) is 11.5. The molecule has 2 N–H and O–H groups in total. The average molecular weight is 271 g/mol. The molecule has 0 atom stereocenters. The van der Waals surface area contributed by atoms with E-state index in [2.05, 4.69) is 25.2 Å². The molecule has 0 unspecified atom stereocenters. The van der Waals surface area contributed by atoms with E-state index in [-0.39, 0.29) is 5.89 Å². The number of hydrogen-bond acceptors (Lipinski definition) is 7. The van der Waals surface area contributed by atoms with Crippen molar-refractivity contribution in [2.75, 3.05) is 0 Å². The summed E-state index contributed by atoms with van der Waals surface area (Å²) in [5.41, 5.74) is 6.66. The molecule has 8 heteroatoms. The SMILES string of the molecule is Cc1ccnc2nc(-c3nc(C4(N)CCC4)no3)nn12. The minimum Gasteiger partial charge on any atom is -0.330 e. The zero-order valence-corrected chi connectivity index (χ0v) is 10.9. The molecule has 0 spiro atoms. The molecule has 1 aliphatic rings. The predicted octanol–water partition coefficient (Wildman–Crippen LogP) is 0.821. The molecule has 1 aliphatic carbocycles. The summed E-state index contributed by atoms with van der Waals surface area (Å²) in [6, 6.07) is 1.86. The van der Waals surface area contributed by atoms with E-state index in [4.69, 9.17) is 10.3 Å². The van der Waals surface area contributed by atoms with E-state index < -0.39 is 5.54 Å². The maximum atomic E-state index is 6.17. The van der Waals surface area contributed by atoms with E-state index in [9.17, 15) is 0 Å². The summed E-state index contributed by atoms with van der Waals surface area (Å²) in [5, 5.41) is 8.29. The van der Waals surface area contributed by atoms with Crippen LogP contribution in [0.1, 0.15) is 30.8 Å². The lowest BCUT2D eigenvalue weighted by Crippen LogP contribution is -2.44. The van der Waals surface area contributed by atoms with E-state index in [1.165, 1.54) is 0 Å². The standard InChI is InChI=1S/C12H13N7O/c1-7-3-6-14-11-15-8(17-19(7)11)9-16-10(18-20-9)12(13)4-2-5-12/h3,6H,2,4-5,13H2,1H3. The first-order chi connectivity index (χ1) is 9.66. The molecule has 0 bridgehead atoms. The van der Waals surface area contributed by atoms with Crippen molar-refractivity contribution >= 4 is 5.78 Å². The molecule has 3 heterocycles. The van der Waals surface area contributed by atoms with Crippen LogP contribution in [-0.4, -0.2) is 29.7 Å². The maximum absolute atomic E-state index is 6.17. The molecular formula is C12H13N7O. The highest BCUT2D eigenvalue weighted by Crippen LogP contribution is 2.37. The molecular weight excluding hydrogens is 258 g/mol. The van der Waals surface area contributed by atoms with Crippen molar-refractivity contribution in [2.24, 2.45) is 5.73 Å². The quantitative estimate of drug-likeness (QED) is 0.735. The monoisotopic (exact) mass is 271 g/mol. The second kappa shape index (κ2) is 3.83. The lowest BCUT2D eigenvalue weighted by Gasteiger charge is -2.34. The second-order valence-electron chi connectivity index (χ2n) is 5.17. The molecule has 0 aromatic carbocycles. The normalized spacial score (nSPS) is 17.3. The number of nitrogens with two attached hydrogens (primary N) is 1. The number of hydrogen-bond donors (Lipinski definition) is 1. The maximum Gasteiger partial charge on any atom is 0.297 e. The van der Waals surface area contributed by atoms with E-state index >= 15 is 0 Å². The lowest BCUT2D eigenvalue weighted by molar-refractivity contribution is 0.229. The highest BCUT2D eigenvalue weighted by Gasteiger charge is 2.39. The van der Waals surface area contributed by atoms with Crippen LogP contribution >= 0.6 is 0 Å². The van der Waals surface area contributed by atoms with Gasteiger partial charge in [-0.15, -0.1) is 5.10 Å². The summed E-state index contributed by atoms with van der Waals surface area (Å²) in [6.07, 6.45) is 4.54. The number of aryl methyl sites for hydroxylation is 1. The van der Waals surface area contributed by atoms with E-state index in [0.717, 1.165) is 25.0 Å². The third-order valence-corrected chi connectivity index (χ3v) is 3.74. The molecule has 1 fully saturated rings. The smallest absolute Gasteiger partial charge is 0.297 e. The zero-order valence-electron chi connectivity index (χ0n) is 10.9. The molecule has 3 aromatic heterocycles. The zero-order chi connectivity index (χ0) is 13.7. The van der Waals surface area contributed by atoms with Gasteiger partial charge in [0.15, 0.2) is 5.82 Å². The molecule has 0 saturated heterocycles. The van der Waals surface area contributed by atoms with Gasteiger partial charge in [-0.3, -0.25) is 0 Å². The van der Waals surface area contributed by atoms with Crippen LogP contribution in [0.5, 0.6) is 0 Å². The fourth-order valence-corrected chi connectivity index (χ4v) is 2.29. The summed E-state index contributed by atoms with van der Waals surface area (Å²) >= 11 is 0. The number of rotatable bonds is 2. The highest BCUT2D eigenvalue weighted by atomic mass is 16.5. The molecule has 102 valence electrons. The Balaban J connectivity index is 1.77. The fraction of sp³-hybridized carbons (Fsp3) is 0.417. The van der Waals surface area contributed by atoms with Gasteiger partial charge in [0, 0.05) is 11.9 Å². The number of aromatic nitrogens is 6. The summed E-state index contributed by atoms with van der Waals surface area (Å²) in [4.78, 5) is 12.8. The van der Waals surface area contributed by atoms with E-state index in [1.807, 2.05) is 13.0 Å². The van der Waals surface area contributed by atoms with Gasteiger partial charge in [0.25, 0.3) is 11.7 Å². The Morgan fingerprint density at radius 3 is 2.90 bits per heavy atom. The van der Waals surface area contributed by atoms with Crippen LogP contribution in [0.2, 0.25) is 0 Å². The van der Waals surface area contributed by atoms with Gasteiger partial charge in [-0.05, 0) is 32.3 Å². The van der Waals surface area contributed by atoms with Crippen LogP contribution in [-0.2, 0) is 5.54 Å². The van der Waals surface area contributed by atoms with Gasteiger partial charge in [0.1, 0.15) is 0 Å². The Labute approximate surface area is 114 Å². The van der Waals surface area contributed by atoms with Crippen molar-refractivity contribution in [2.45, 2.75) is 31.7 Å². The molecule has 0 radical (unpaired) electrons. The predicted molar refractivity (Wildman–Crippen MR) is 68.5 cm³/mol. The van der Waals surface area contributed by atoms with E-state index in [1.54, 1.807) is 10.7 Å². The first-order valence-corrected chi connectivity index (χ1v) is 6.48. The van der Waals surface area contributed by atoms with Gasteiger partial charge in [0.05, 0.1) is 5.54 Å². The van der Waals surface area contributed by atoms with Crippen LogP contribution in [0.3, 0.4) is 0 Å².